The number of aromatic nitrogens is 4. The molecule has 0 bridgehead atoms. The topological polar surface area (TPSA) is 93.0 Å². The van der Waals surface area contributed by atoms with Crippen LogP contribution in [0.15, 0.2) is 24.5 Å². The van der Waals surface area contributed by atoms with Gasteiger partial charge in [-0.1, -0.05) is 13.8 Å². The third-order valence-electron chi connectivity index (χ3n) is 4.01. The van der Waals surface area contributed by atoms with Gasteiger partial charge in [-0.05, 0) is 12.0 Å². The van der Waals surface area contributed by atoms with Crippen LogP contribution in [0.4, 0.5) is 5.82 Å². The van der Waals surface area contributed by atoms with Crippen molar-refractivity contribution >= 4 is 17.6 Å². The Bertz CT molecular complexity index is 749. The van der Waals surface area contributed by atoms with E-state index in [1.807, 2.05) is 19.9 Å². The maximum Gasteiger partial charge on any atom is 0.252 e. The van der Waals surface area contributed by atoms with Crippen LogP contribution in [-0.4, -0.2) is 49.6 Å². The third kappa shape index (κ3) is 3.12. The highest BCUT2D eigenvalue weighted by atomic mass is 16.2. The fraction of sp³-hybridized carbons (Fsp3) is 0.438. The Morgan fingerprint density at radius 2 is 1.92 bits per heavy atom. The molecule has 0 unspecified atom stereocenters. The second-order valence-corrected chi connectivity index (χ2v) is 6.18. The zero-order valence-electron chi connectivity index (χ0n) is 13.9. The number of hydrogen-bond acceptors (Lipinski definition) is 5. The molecule has 24 heavy (non-hydrogen) atoms. The zero-order valence-corrected chi connectivity index (χ0v) is 13.9. The molecule has 3 heterocycles. The van der Waals surface area contributed by atoms with Crippen LogP contribution in [0.25, 0.3) is 5.95 Å². The van der Waals surface area contributed by atoms with Crippen LogP contribution in [0.5, 0.6) is 0 Å². The van der Waals surface area contributed by atoms with Crippen molar-refractivity contribution in [1.29, 1.82) is 0 Å². The van der Waals surface area contributed by atoms with E-state index in [1.165, 1.54) is 11.6 Å². The van der Waals surface area contributed by atoms with E-state index in [0.29, 0.717) is 24.9 Å². The molecule has 8 heteroatoms. The number of likely N-dealkylation sites (tertiary alicyclic amines) is 1. The quantitative estimate of drug-likeness (QED) is 0.910. The summed E-state index contributed by atoms with van der Waals surface area (Å²) in [6, 6.07) is 3.56. The summed E-state index contributed by atoms with van der Waals surface area (Å²) in [6.07, 6.45) is 3.25. The van der Waals surface area contributed by atoms with Crippen LogP contribution in [0, 0.1) is 5.92 Å². The van der Waals surface area contributed by atoms with Crippen molar-refractivity contribution in [3.63, 3.8) is 0 Å². The van der Waals surface area contributed by atoms with Crippen molar-refractivity contribution < 1.29 is 9.59 Å². The monoisotopic (exact) mass is 328 g/mol. The molecule has 1 aliphatic heterocycles. The zero-order chi connectivity index (χ0) is 17.3. The lowest BCUT2D eigenvalue weighted by Gasteiger charge is -2.37. The van der Waals surface area contributed by atoms with Crippen LogP contribution < -0.4 is 5.32 Å². The minimum Gasteiger partial charge on any atom is -0.341 e. The smallest absolute Gasteiger partial charge is 0.252 e. The van der Waals surface area contributed by atoms with Gasteiger partial charge in [-0.25, -0.2) is 9.97 Å². The Morgan fingerprint density at radius 1 is 1.25 bits per heavy atom. The molecule has 0 atom stereocenters. The Kier molecular flexibility index (Phi) is 4.28. The molecule has 0 saturated carbocycles. The highest BCUT2D eigenvalue weighted by Gasteiger charge is 2.34. The normalized spacial score (nSPS) is 14.6. The average Bonchev–Trinajstić information content (AvgIpc) is 2.90. The van der Waals surface area contributed by atoms with E-state index in [1.54, 1.807) is 23.4 Å². The lowest BCUT2D eigenvalue weighted by Crippen LogP contribution is -2.53. The highest BCUT2D eigenvalue weighted by molar-refractivity contribution is 5.94. The first-order chi connectivity index (χ1) is 11.5. The maximum absolute atomic E-state index is 12.4. The molecule has 2 aromatic heterocycles. The van der Waals surface area contributed by atoms with Crippen molar-refractivity contribution in [2.45, 2.75) is 26.7 Å². The van der Waals surface area contributed by atoms with Gasteiger partial charge in [0.1, 0.15) is 5.82 Å². The summed E-state index contributed by atoms with van der Waals surface area (Å²) in [7, 11) is 0. The van der Waals surface area contributed by atoms with E-state index < -0.39 is 0 Å². The van der Waals surface area contributed by atoms with E-state index in [4.69, 9.17) is 0 Å². The minimum atomic E-state index is -0.198. The fourth-order valence-corrected chi connectivity index (χ4v) is 2.45. The van der Waals surface area contributed by atoms with Crippen LogP contribution in [0.1, 0.15) is 32.4 Å². The molecule has 2 amide bonds. The van der Waals surface area contributed by atoms with Gasteiger partial charge < -0.3 is 10.2 Å². The number of anilines is 1. The summed E-state index contributed by atoms with van der Waals surface area (Å²) in [4.78, 5) is 33.6. The molecular formula is C16H20N6O2. The predicted octanol–water partition coefficient (Wildman–Crippen LogP) is 1.20. The standard InChI is InChI=1S/C16H20N6O2/c1-10(2)13-7-14(22(20-13)16-17-5-4-6-18-16)19-15(24)12-8-21(9-12)11(3)23/h4-7,10,12H,8-9H2,1-3H3,(H,19,24). The first kappa shape index (κ1) is 16.1. The van der Waals surface area contributed by atoms with Crippen LogP contribution in [-0.2, 0) is 9.59 Å². The van der Waals surface area contributed by atoms with Crippen LogP contribution >= 0.6 is 0 Å². The fourth-order valence-electron chi connectivity index (χ4n) is 2.45. The molecule has 8 nitrogen and oxygen atoms in total. The molecule has 126 valence electrons. The highest BCUT2D eigenvalue weighted by Crippen LogP contribution is 2.23. The van der Waals surface area contributed by atoms with E-state index in [0.717, 1.165) is 5.69 Å². The van der Waals surface area contributed by atoms with Gasteiger partial charge in [-0.15, -0.1) is 0 Å². The average molecular weight is 328 g/mol. The van der Waals surface area contributed by atoms with E-state index >= 15 is 0 Å². The lowest BCUT2D eigenvalue weighted by atomic mass is 9.99. The maximum atomic E-state index is 12.4. The van der Waals surface area contributed by atoms with Gasteiger partial charge in [0.2, 0.25) is 11.8 Å². The van der Waals surface area contributed by atoms with Crippen molar-refractivity contribution in [2.24, 2.45) is 5.92 Å². The van der Waals surface area contributed by atoms with Gasteiger partial charge in [-0.2, -0.15) is 9.78 Å². The number of carbonyl (C=O) groups is 2. The molecule has 0 spiro atoms. The Labute approximate surface area is 139 Å². The van der Waals surface area contributed by atoms with Crippen molar-refractivity contribution in [3.8, 4) is 5.95 Å². The second kappa shape index (κ2) is 6.38. The van der Waals surface area contributed by atoms with Gasteiger partial charge in [0.05, 0.1) is 11.6 Å². The third-order valence-corrected chi connectivity index (χ3v) is 4.01. The molecule has 0 aliphatic carbocycles. The number of nitrogens with one attached hydrogen (secondary N) is 1. The predicted molar refractivity (Wildman–Crippen MR) is 87.6 cm³/mol. The summed E-state index contributed by atoms with van der Waals surface area (Å²) in [6.45, 7) is 6.47. The van der Waals surface area contributed by atoms with Crippen molar-refractivity contribution in [1.82, 2.24) is 24.6 Å². The Hall–Kier alpha value is -2.77. The van der Waals surface area contributed by atoms with Crippen molar-refractivity contribution in [2.75, 3.05) is 18.4 Å². The van der Waals surface area contributed by atoms with Gasteiger partial charge in [0.25, 0.3) is 5.95 Å². The molecular weight excluding hydrogens is 308 g/mol. The SMILES string of the molecule is CC(=O)N1CC(C(=O)Nc2cc(C(C)C)nn2-c2ncccn2)C1. The summed E-state index contributed by atoms with van der Waals surface area (Å²) in [5.41, 5.74) is 0.844. The number of amides is 2. The largest absolute Gasteiger partial charge is 0.341 e. The van der Waals surface area contributed by atoms with E-state index in [2.05, 4.69) is 20.4 Å². The first-order valence-electron chi connectivity index (χ1n) is 7.89. The lowest BCUT2D eigenvalue weighted by molar-refractivity contribution is -0.139. The molecule has 1 N–H and O–H groups in total. The molecule has 0 aromatic carbocycles. The molecule has 3 rings (SSSR count). The molecule has 1 saturated heterocycles. The summed E-state index contributed by atoms with van der Waals surface area (Å²) < 4.78 is 1.54. The van der Waals surface area contributed by atoms with Gasteiger partial charge in [0.15, 0.2) is 0 Å². The van der Waals surface area contributed by atoms with E-state index in [9.17, 15) is 9.59 Å². The number of hydrogen-bond donors (Lipinski definition) is 1. The molecule has 2 aromatic rings. The van der Waals surface area contributed by atoms with Crippen molar-refractivity contribution in [3.05, 3.63) is 30.2 Å². The van der Waals surface area contributed by atoms with E-state index in [-0.39, 0.29) is 23.7 Å². The Morgan fingerprint density at radius 3 is 2.50 bits per heavy atom. The van der Waals surface area contributed by atoms with Crippen LogP contribution in [0.3, 0.4) is 0 Å². The Balaban J connectivity index is 1.80. The summed E-state index contributed by atoms with van der Waals surface area (Å²) in [5.74, 6) is 0.817. The summed E-state index contributed by atoms with van der Waals surface area (Å²) in [5, 5.41) is 7.38. The minimum absolute atomic E-state index is 0.0103. The molecule has 0 radical (unpaired) electrons. The van der Waals surface area contributed by atoms with Crippen LogP contribution in [0.2, 0.25) is 0 Å². The van der Waals surface area contributed by atoms with Gasteiger partial charge >= 0.3 is 0 Å². The number of nitrogens with zero attached hydrogens (tertiary/aromatic N) is 5. The number of rotatable bonds is 4. The summed E-state index contributed by atoms with van der Waals surface area (Å²) >= 11 is 0. The molecule has 1 aliphatic rings. The molecule has 1 fully saturated rings. The number of carbonyl (C=O) groups excluding carboxylic acids is 2. The second-order valence-electron chi connectivity index (χ2n) is 6.18. The first-order valence-corrected chi connectivity index (χ1v) is 7.89. The van der Waals surface area contributed by atoms with Gasteiger partial charge in [0, 0.05) is 38.5 Å². The van der Waals surface area contributed by atoms with Gasteiger partial charge in [-0.3, -0.25) is 9.59 Å².